The third-order valence-corrected chi connectivity index (χ3v) is 4.06. The van der Waals surface area contributed by atoms with Crippen LogP contribution >= 0.6 is 0 Å². The second kappa shape index (κ2) is 6.38. The molecule has 0 amide bonds. The fourth-order valence-electron chi connectivity index (χ4n) is 2.67. The van der Waals surface area contributed by atoms with Crippen LogP contribution < -0.4 is 10.6 Å². The van der Waals surface area contributed by atoms with Gasteiger partial charge in [0.25, 0.3) is 0 Å². The summed E-state index contributed by atoms with van der Waals surface area (Å²) in [6.45, 7) is 4.39. The van der Waals surface area contributed by atoms with Crippen molar-refractivity contribution >= 4 is 10.8 Å². The normalized spacial score (nSPS) is 16.4. The molecule has 2 N–H and O–H groups in total. The zero-order valence-electron chi connectivity index (χ0n) is 12.2. The first-order valence-corrected chi connectivity index (χ1v) is 7.76. The first-order valence-electron chi connectivity index (χ1n) is 7.76. The van der Waals surface area contributed by atoms with Crippen LogP contribution in [0.5, 0.6) is 0 Å². The Morgan fingerprint density at radius 1 is 1.10 bits per heavy atom. The van der Waals surface area contributed by atoms with Crippen LogP contribution in [0.15, 0.2) is 42.5 Å². The molecule has 20 heavy (non-hydrogen) atoms. The lowest BCUT2D eigenvalue weighted by Gasteiger charge is -2.15. The average molecular weight is 268 g/mol. The fourth-order valence-corrected chi connectivity index (χ4v) is 2.67. The first kappa shape index (κ1) is 13.6. The zero-order valence-corrected chi connectivity index (χ0v) is 12.2. The number of rotatable bonds is 7. The molecule has 2 aromatic carbocycles. The summed E-state index contributed by atoms with van der Waals surface area (Å²) in [6.07, 6.45) is 3.82. The van der Waals surface area contributed by atoms with Crippen LogP contribution in [0.3, 0.4) is 0 Å². The lowest BCUT2D eigenvalue weighted by molar-refractivity contribution is 0.503. The van der Waals surface area contributed by atoms with Gasteiger partial charge in [-0.15, -0.1) is 0 Å². The Morgan fingerprint density at radius 3 is 2.75 bits per heavy atom. The first-order chi connectivity index (χ1) is 9.83. The smallest absolute Gasteiger partial charge is 0.0164 e. The minimum Gasteiger partial charge on any atom is -0.313 e. The van der Waals surface area contributed by atoms with Crippen LogP contribution in [0, 0.1) is 0 Å². The largest absolute Gasteiger partial charge is 0.313 e. The lowest BCUT2D eigenvalue weighted by atomic mass is 10.0. The van der Waals surface area contributed by atoms with Gasteiger partial charge in [-0.3, -0.25) is 0 Å². The molecule has 0 heterocycles. The fraction of sp³-hybridized carbons (Fsp3) is 0.444. The van der Waals surface area contributed by atoms with Crippen LogP contribution in [0.2, 0.25) is 0 Å². The Hall–Kier alpha value is -1.38. The van der Waals surface area contributed by atoms with Crippen molar-refractivity contribution < 1.29 is 0 Å². The highest BCUT2D eigenvalue weighted by Gasteiger charge is 2.20. The minimum absolute atomic E-state index is 0.547. The number of hydrogen-bond donors (Lipinski definition) is 2. The van der Waals surface area contributed by atoms with Crippen molar-refractivity contribution in [2.45, 2.75) is 38.3 Å². The van der Waals surface area contributed by atoms with Crippen LogP contribution in [0.1, 0.15) is 25.3 Å². The Morgan fingerprint density at radius 2 is 1.90 bits per heavy atom. The van der Waals surface area contributed by atoms with E-state index in [1.54, 1.807) is 0 Å². The summed E-state index contributed by atoms with van der Waals surface area (Å²) in [6, 6.07) is 16.6. The average Bonchev–Trinajstić information content (AvgIpc) is 3.30. The Kier molecular flexibility index (Phi) is 4.34. The summed E-state index contributed by atoms with van der Waals surface area (Å²) < 4.78 is 0. The summed E-state index contributed by atoms with van der Waals surface area (Å²) in [5.41, 5.74) is 1.44. The van der Waals surface area contributed by atoms with Crippen molar-refractivity contribution in [1.82, 2.24) is 10.6 Å². The van der Waals surface area contributed by atoms with Gasteiger partial charge < -0.3 is 10.6 Å². The summed E-state index contributed by atoms with van der Waals surface area (Å²) in [5.74, 6) is 0. The van der Waals surface area contributed by atoms with E-state index in [2.05, 4.69) is 60.0 Å². The summed E-state index contributed by atoms with van der Waals surface area (Å²) in [5, 5.41) is 9.92. The van der Waals surface area contributed by atoms with Crippen molar-refractivity contribution in [3.63, 3.8) is 0 Å². The molecule has 0 aromatic heterocycles. The number of hydrogen-bond acceptors (Lipinski definition) is 2. The molecule has 1 fully saturated rings. The number of fused-ring (bicyclic) bond motifs is 1. The van der Waals surface area contributed by atoms with E-state index in [1.165, 1.54) is 29.2 Å². The summed E-state index contributed by atoms with van der Waals surface area (Å²) in [4.78, 5) is 0. The Labute approximate surface area is 121 Å². The zero-order chi connectivity index (χ0) is 13.8. The predicted molar refractivity (Wildman–Crippen MR) is 86.1 cm³/mol. The molecule has 2 heteroatoms. The molecular weight excluding hydrogens is 244 g/mol. The molecule has 2 aromatic rings. The molecule has 0 aliphatic heterocycles. The third kappa shape index (κ3) is 3.59. The highest BCUT2D eigenvalue weighted by molar-refractivity contribution is 5.85. The van der Waals surface area contributed by atoms with Gasteiger partial charge in [-0.25, -0.2) is 0 Å². The van der Waals surface area contributed by atoms with Crippen molar-refractivity contribution in [1.29, 1.82) is 0 Å². The van der Waals surface area contributed by atoms with E-state index in [4.69, 9.17) is 0 Å². The van der Waals surface area contributed by atoms with Crippen molar-refractivity contribution in [2.24, 2.45) is 0 Å². The van der Waals surface area contributed by atoms with E-state index in [9.17, 15) is 0 Å². The van der Waals surface area contributed by atoms with Gasteiger partial charge in [-0.05, 0) is 49.1 Å². The second-order valence-corrected chi connectivity index (χ2v) is 5.93. The van der Waals surface area contributed by atoms with E-state index in [1.807, 2.05) is 0 Å². The van der Waals surface area contributed by atoms with Gasteiger partial charge in [-0.2, -0.15) is 0 Å². The molecule has 1 unspecified atom stereocenters. The van der Waals surface area contributed by atoms with Gasteiger partial charge in [0.15, 0.2) is 0 Å². The highest BCUT2D eigenvalue weighted by atomic mass is 15.0. The maximum atomic E-state index is 3.62. The topological polar surface area (TPSA) is 24.1 Å². The molecule has 0 saturated heterocycles. The molecule has 1 saturated carbocycles. The van der Waals surface area contributed by atoms with Crippen LogP contribution in [0.25, 0.3) is 10.8 Å². The molecule has 0 spiro atoms. The van der Waals surface area contributed by atoms with Crippen LogP contribution in [-0.2, 0) is 6.42 Å². The van der Waals surface area contributed by atoms with E-state index in [0.717, 1.165) is 25.6 Å². The van der Waals surface area contributed by atoms with Crippen LogP contribution in [-0.4, -0.2) is 25.2 Å². The number of nitrogens with one attached hydrogen (secondary N) is 2. The Bertz CT molecular complexity index is 555. The van der Waals surface area contributed by atoms with Gasteiger partial charge in [-0.1, -0.05) is 42.5 Å². The quantitative estimate of drug-likeness (QED) is 0.806. The summed E-state index contributed by atoms with van der Waals surface area (Å²) >= 11 is 0. The second-order valence-electron chi connectivity index (χ2n) is 5.93. The molecule has 0 bridgehead atoms. The molecule has 1 atom stereocenters. The minimum atomic E-state index is 0.547. The monoisotopic (exact) mass is 268 g/mol. The maximum absolute atomic E-state index is 3.62. The molecular formula is C18H24N2. The van der Waals surface area contributed by atoms with Gasteiger partial charge in [0.1, 0.15) is 0 Å². The molecule has 0 radical (unpaired) electrons. The summed E-state index contributed by atoms with van der Waals surface area (Å²) in [7, 11) is 0. The van der Waals surface area contributed by atoms with E-state index >= 15 is 0 Å². The van der Waals surface area contributed by atoms with E-state index in [0.29, 0.717) is 6.04 Å². The van der Waals surface area contributed by atoms with Crippen molar-refractivity contribution in [2.75, 3.05) is 13.1 Å². The number of benzene rings is 2. The van der Waals surface area contributed by atoms with Gasteiger partial charge >= 0.3 is 0 Å². The standard InChI is InChI=1S/C18H24N2/c1-14(13-20-17-9-10-17)19-12-11-16-7-4-6-15-5-2-3-8-18(15)16/h2-8,14,17,19-20H,9-13H2,1H3. The third-order valence-electron chi connectivity index (χ3n) is 4.06. The maximum Gasteiger partial charge on any atom is 0.0164 e. The molecule has 2 nitrogen and oxygen atoms in total. The highest BCUT2D eigenvalue weighted by Crippen LogP contribution is 2.19. The lowest BCUT2D eigenvalue weighted by Crippen LogP contribution is -2.38. The SMILES string of the molecule is CC(CNC1CC1)NCCc1cccc2ccccc12. The van der Waals surface area contributed by atoms with E-state index < -0.39 is 0 Å². The molecule has 1 aliphatic rings. The molecule has 3 rings (SSSR count). The van der Waals surface area contributed by atoms with Crippen molar-refractivity contribution in [3.05, 3.63) is 48.0 Å². The molecule has 106 valence electrons. The van der Waals surface area contributed by atoms with Gasteiger partial charge in [0.2, 0.25) is 0 Å². The van der Waals surface area contributed by atoms with Gasteiger partial charge in [0, 0.05) is 18.6 Å². The van der Waals surface area contributed by atoms with Crippen molar-refractivity contribution in [3.8, 4) is 0 Å². The van der Waals surface area contributed by atoms with Crippen LogP contribution in [0.4, 0.5) is 0 Å². The van der Waals surface area contributed by atoms with E-state index in [-0.39, 0.29) is 0 Å². The predicted octanol–water partition coefficient (Wildman–Crippen LogP) is 3.11. The van der Waals surface area contributed by atoms with Gasteiger partial charge in [0.05, 0.1) is 0 Å². The molecule has 1 aliphatic carbocycles. The Balaban J connectivity index is 1.51.